The number of hydrogen-bond acceptors (Lipinski definition) is 6. The van der Waals surface area contributed by atoms with Crippen LogP contribution in [0.25, 0.3) is 0 Å². The summed E-state index contributed by atoms with van der Waals surface area (Å²) >= 11 is 0. The van der Waals surface area contributed by atoms with Crippen LogP contribution < -0.4 is 9.64 Å². The van der Waals surface area contributed by atoms with E-state index in [9.17, 15) is 0 Å². The fraction of sp³-hybridized carbons (Fsp3) is 0.667. The lowest BCUT2D eigenvalue weighted by Crippen LogP contribution is -2.47. The van der Waals surface area contributed by atoms with Gasteiger partial charge in [-0.05, 0) is 0 Å². The second-order valence-electron chi connectivity index (χ2n) is 4.24. The van der Waals surface area contributed by atoms with Gasteiger partial charge in [0.15, 0.2) is 5.75 Å². The maximum atomic E-state index is 5.09. The first-order valence-corrected chi connectivity index (χ1v) is 6.16. The first-order valence-electron chi connectivity index (χ1n) is 6.16. The average molecular weight is 252 g/mol. The molecule has 18 heavy (non-hydrogen) atoms. The number of hydrogen-bond donors (Lipinski definition) is 0. The van der Waals surface area contributed by atoms with Crippen molar-refractivity contribution in [2.45, 2.75) is 0 Å². The molecule has 1 fully saturated rings. The lowest BCUT2D eigenvalue weighted by atomic mass is 10.3. The molecule has 0 saturated carbocycles. The number of rotatable bonds is 5. The summed E-state index contributed by atoms with van der Waals surface area (Å²) in [5.74, 6) is 1.47. The monoisotopic (exact) mass is 252 g/mol. The van der Waals surface area contributed by atoms with Crippen molar-refractivity contribution in [1.82, 2.24) is 14.9 Å². The Morgan fingerprint density at radius 1 is 1.11 bits per heavy atom. The number of ether oxygens (including phenoxy) is 2. The zero-order valence-corrected chi connectivity index (χ0v) is 11.0. The van der Waals surface area contributed by atoms with Crippen molar-refractivity contribution in [2.75, 3.05) is 58.5 Å². The van der Waals surface area contributed by atoms with E-state index in [0.717, 1.165) is 45.3 Å². The summed E-state index contributed by atoms with van der Waals surface area (Å²) in [7, 11) is 3.36. The molecule has 6 nitrogen and oxygen atoms in total. The minimum Gasteiger partial charge on any atom is -0.494 e. The fourth-order valence-corrected chi connectivity index (χ4v) is 1.97. The largest absolute Gasteiger partial charge is 0.494 e. The molecule has 0 N–H and O–H groups in total. The maximum Gasteiger partial charge on any atom is 0.225 e. The third-order valence-corrected chi connectivity index (χ3v) is 3.12. The van der Waals surface area contributed by atoms with Crippen molar-refractivity contribution in [3.63, 3.8) is 0 Å². The Balaban J connectivity index is 1.84. The third kappa shape index (κ3) is 3.30. The molecule has 0 radical (unpaired) electrons. The molecule has 1 aromatic rings. The van der Waals surface area contributed by atoms with Gasteiger partial charge in [-0.2, -0.15) is 0 Å². The first-order chi connectivity index (χ1) is 8.83. The third-order valence-electron chi connectivity index (χ3n) is 3.12. The molecule has 0 bridgehead atoms. The summed E-state index contributed by atoms with van der Waals surface area (Å²) in [6.45, 7) is 5.75. The predicted molar refractivity (Wildman–Crippen MR) is 69.1 cm³/mol. The van der Waals surface area contributed by atoms with Gasteiger partial charge in [-0.15, -0.1) is 0 Å². The predicted octanol–water partition coefficient (Wildman–Crippen LogP) is 0.254. The summed E-state index contributed by atoms with van der Waals surface area (Å²) in [5.41, 5.74) is 0. The van der Waals surface area contributed by atoms with Crippen LogP contribution >= 0.6 is 0 Å². The van der Waals surface area contributed by atoms with E-state index >= 15 is 0 Å². The summed E-state index contributed by atoms with van der Waals surface area (Å²) < 4.78 is 10.1. The number of anilines is 1. The van der Waals surface area contributed by atoms with Crippen LogP contribution in [-0.2, 0) is 4.74 Å². The second-order valence-corrected chi connectivity index (χ2v) is 4.24. The number of piperazine rings is 1. The highest BCUT2D eigenvalue weighted by atomic mass is 16.5. The van der Waals surface area contributed by atoms with Crippen molar-refractivity contribution in [3.05, 3.63) is 12.4 Å². The Kier molecular flexibility index (Phi) is 4.72. The quantitative estimate of drug-likeness (QED) is 0.749. The lowest BCUT2D eigenvalue weighted by molar-refractivity contribution is 0.143. The van der Waals surface area contributed by atoms with Gasteiger partial charge in [-0.1, -0.05) is 0 Å². The molecule has 2 heterocycles. The van der Waals surface area contributed by atoms with Crippen LogP contribution in [0.1, 0.15) is 0 Å². The van der Waals surface area contributed by atoms with E-state index in [1.807, 2.05) is 0 Å². The molecule has 1 aliphatic rings. The molecular weight excluding hydrogens is 232 g/mol. The molecule has 0 amide bonds. The minimum atomic E-state index is 0.692. The zero-order chi connectivity index (χ0) is 12.8. The Labute approximate surface area is 108 Å². The van der Waals surface area contributed by atoms with E-state index in [-0.39, 0.29) is 0 Å². The summed E-state index contributed by atoms with van der Waals surface area (Å²) in [6, 6.07) is 0. The van der Waals surface area contributed by atoms with Gasteiger partial charge in [0.2, 0.25) is 5.95 Å². The molecule has 1 aliphatic heterocycles. The molecule has 6 heteroatoms. The van der Waals surface area contributed by atoms with Gasteiger partial charge in [0.25, 0.3) is 0 Å². The van der Waals surface area contributed by atoms with E-state index in [1.54, 1.807) is 26.6 Å². The Hall–Kier alpha value is -1.40. The van der Waals surface area contributed by atoms with Crippen LogP contribution in [0.2, 0.25) is 0 Å². The van der Waals surface area contributed by atoms with Crippen LogP contribution in [0.5, 0.6) is 5.75 Å². The molecule has 0 atom stereocenters. The normalized spacial score (nSPS) is 16.9. The van der Waals surface area contributed by atoms with Crippen molar-refractivity contribution < 1.29 is 9.47 Å². The van der Waals surface area contributed by atoms with Crippen LogP contribution in [0.15, 0.2) is 12.4 Å². The van der Waals surface area contributed by atoms with Crippen LogP contribution in [0, 0.1) is 0 Å². The highest BCUT2D eigenvalue weighted by Crippen LogP contribution is 2.13. The zero-order valence-electron chi connectivity index (χ0n) is 11.0. The Morgan fingerprint density at radius 2 is 1.78 bits per heavy atom. The van der Waals surface area contributed by atoms with Gasteiger partial charge >= 0.3 is 0 Å². The van der Waals surface area contributed by atoms with E-state index in [1.165, 1.54) is 0 Å². The van der Waals surface area contributed by atoms with Crippen molar-refractivity contribution in [2.24, 2.45) is 0 Å². The van der Waals surface area contributed by atoms with E-state index in [4.69, 9.17) is 9.47 Å². The van der Waals surface area contributed by atoms with E-state index < -0.39 is 0 Å². The summed E-state index contributed by atoms with van der Waals surface area (Å²) in [5, 5.41) is 0. The topological polar surface area (TPSA) is 50.7 Å². The molecule has 0 aromatic carbocycles. The average Bonchev–Trinajstić information content (AvgIpc) is 2.46. The van der Waals surface area contributed by atoms with E-state index in [2.05, 4.69) is 19.8 Å². The molecular formula is C12H20N4O2. The van der Waals surface area contributed by atoms with Gasteiger partial charge in [0, 0.05) is 39.8 Å². The van der Waals surface area contributed by atoms with Gasteiger partial charge in [0.1, 0.15) is 0 Å². The van der Waals surface area contributed by atoms with Gasteiger partial charge in [0.05, 0.1) is 26.1 Å². The molecule has 2 rings (SSSR count). The SMILES string of the molecule is COCCN1CCN(c2ncc(OC)cn2)CC1. The lowest BCUT2D eigenvalue weighted by Gasteiger charge is -2.34. The van der Waals surface area contributed by atoms with Crippen molar-refractivity contribution in [3.8, 4) is 5.75 Å². The number of nitrogens with zero attached hydrogens (tertiary/aromatic N) is 4. The highest BCUT2D eigenvalue weighted by Gasteiger charge is 2.18. The van der Waals surface area contributed by atoms with Crippen molar-refractivity contribution in [1.29, 1.82) is 0 Å². The van der Waals surface area contributed by atoms with Crippen molar-refractivity contribution >= 4 is 5.95 Å². The molecule has 1 saturated heterocycles. The van der Waals surface area contributed by atoms with Gasteiger partial charge < -0.3 is 14.4 Å². The molecule has 0 unspecified atom stereocenters. The molecule has 1 aromatic heterocycles. The highest BCUT2D eigenvalue weighted by molar-refractivity contribution is 5.32. The smallest absolute Gasteiger partial charge is 0.225 e. The van der Waals surface area contributed by atoms with Crippen LogP contribution in [0.3, 0.4) is 0 Å². The van der Waals surface area contributed by atoms with Crippen LogP contribution in [-0.4, -0.2) is 68.4 Å². The standard InChI is InChI=1S/C12H20N4O2/c1-17-8-7-15-3-5-16(6-4-15)12-13-9-11(18-2)10-14-12/h9-10H,3-8H2,1-2H3. The van der Waals surface area contributed by atoms with Gasteiger partial charge in [-0.3, -0.25) is 4.90 Å². The molecule has 0 spiro atoms. The van der Waals surface area contributed by atoms with E-state index in [0.29, 0.717) is 5.75 Å². The minimum absolute atomic E-state index is 0.692. The summed E-state index contributed by atoms with van der Waals surface area (Å²) in [4.78, 5) is 13.2. The number of methoxy groups -OCH3 is 2. The summed E-state index contributed by atoms with van der Waals surface area (Å²) in [6.07, 6.45) is 3.42. The number of aromatic nitrogens is 2. The molecule has 0 aliphatic carbocycles. The Bertz CT molecular complexity index is 350. The Morgan fingerprint density at radius 3 is 2.33 bits per heavy atom. The van der Waals surface area contributed by atoms with Crippen LogP contribution in [0.4, 0.5) is 5.95 Å². The fourth-order valence-electron chi connectivity index (χ4n) is 1.97. The maximum absolute atomic E-state index is 5.09. The first kappa shape index (κ1) is 13.0. The second kappa shape index (κ2) is 6.51. The molecule has 100 valence electrons. The van der Waals surface area contributed by atoms with Gasteiger partial charge in [-0.25, -0.2) is 9.97 Å².